The summed E-state index contributed by atoms with van der Waals surface area (Å²) >= 11 is 1.52. The van der Waals surface area contributed by atoms with Gasteiger partial charge in [0.2, 0.25) is 0 Å². The number of thioether (sulfide) groups is 1. The number of unbranched alkanes of at least 4 members (excludes halogenated alkanes) is 1. The lowest BCUT2D eigenvalue weighted by atomic mass is 9.83. The number of anilines is 1. The summed E-state index contributed by atoms with van der Waals surface area (Å²) in [6, 6.07) is 3.64. The first-order chi connectivity index (χ1) is 13.9. The van der Waals surface area contributed by atoms with Gasteiger partial charge in [-0.2, -0.15) is 0 Å². The molecule has 1 atom stereocenters. The van der Waals surface area contributed by atoms with Gasteiger partial charge >= 0.3 is 5.97 Å². The molecule has 154 valence electrons. The number of H-pyrrole nitrogens is 1. The van der Waals surface area contributed by atoms with E-state index in [1.165, 1.54) is 11.8 Å². The quantitative estimate of drug-likeness (QED) is 0.307. The number of esters is 1. The summed E-state index contributed by atoms with van der Waals surface area (Å²) in [5.74, 6) is 0.299. The molecule has 1 aliphatic rings. The molecule has 0 radical (unpaired) electrons. The highest BCUT2D eigenvalue weighted by atomic mass is 32.2. The molecule has 2 aromatic rings. The SMILES string of the molecule is CCCCSc1nc2c(c(=O)[nH]1)[C@H](c1cccnc1)C(C(=O)OC(C)C)=C(C)N2. The standard InChI is InChI=1S/C21H26N4O3S/c1-5-6-10-29-21-24-18-17(19(26)25-21)16(14-8-7-9-22-11-14)15(13(4)23-18)20(27)28-12(2)3/h7-9,11-12,16H,5-6,10H2,1-4H3,(H2,23,24,25,26)/t16-/m1/s1. The highest BCUT2D eigenvalue weighted by molar-refractivity contribution is 7.99. The van der Waals surface area contributed by atoms with Crippen LogP contribution in [0.5, 0.6) is 0 Å². The molecule has 3 rings (SSSR count). The molecule has 0 aromatic carbocycles. The van der Waals surface area contributed by atoms with E-state index in [1.54, 1.807) is 39.2 Å². The number of nitrogens with zero attached hydrogens (tertiary/aromatic N) is 2. The Morgan fingerprint density at radius 1 is 1.38 bits per heavy atom. The van der Waals surface area contributed by atoms with Gasteiger partial charge in [0.25, 0.3) is 5.56 Å². The lowest BCUT2D eigenvalue weighted by Gasteiger charge is -2.29. The van der Waals surface area contributed by atoms with Crippen molar-refractivity contribution >= 4 is 23.5 Å². The van der Waals surface area contributed by atoms with Gasteiger partial charge < -0.3 is 15.0 Å². The summed E-state index contributed by atoms with van der Waals surface area (Å²) in [4.78, 5) is 37.6. The van der Waals surface area contributed by atoms with Crippen molar-refractivity contribution in [2.45, 2.75) is 57.7 Å². The number of hydrogen-bond donors (Lipinski definition) is 2. The van der Waals surface area contributed by atoms with Crippen LogP contribution in [0.25, 0.3) is 0 Å². The molecule has 7 nitrogen and oxygen atoms in total. The number of carbonyl (C=O) groups is 1. The average Bonchev–Trinajstić information content (AvgIpc) is 2.67. The van der Waals surface area contributed by atoms with Crippen molar-refractivity contribution in [2.24, 2.45) is 0 Å². The Hall–Kier alpha value is -2.61. The summed E-state index contributed by atoms with van der Waals surface area (Å²) in [5.41, 5.74) is 1.90. The van der Waals surface area contributed by atoms with Gasteiger partial charge in [0.05, 0.1) is 23.2 Å². The highest BCUT2D eigenvalue weighted by Gasteiger charge is 2.36. The third kappa shape index (κ3) is 4.70. The smallest absolute Gasteiger partial charge is 0.337 e. The van der Waals surface area contributed by atoms with Gasteiger partial charge in [0, 0.05) is 23.8 Å². The molecule has 1 aliphatic heterocycles. The molecule has 0 spiro atoms. The third-order valence-electron chi connectivity index (χ3n) is 4.54. The molecule has 0 saturated carbocycles. The fourth-order valence-electron chi connectivity index (χ4n) is 3.24. The van der Waals surface area contributed by atoms with Crippen molar-refractivity contribution in [1.29, 1.82) is 0 Å². The maximum atomic E-state index is 13.1. The normalized spacial score (nSPS) is 15.8. The Kier molecular flexibility index (Phi) is 6.74. The van der Waals surface area contributed by atoms with Gasteiger partial charge in [0.15, 0.2) is 5.16 Å². The lowest BCUT2D eigenvalue weighted by molar-refractivity contribution is -0.143. The first-order valence-corrected chi connectivity index (χ1v) is 10.8. The van der Waals surface area contributed by atoms with E-state index in [0.717, 1.165) is 24.2 Å². The number of rotatable bonds is 7. The molecule has 0 bridgehead atoms. The molecule has 0 unspecified atom stereocenters. The molecule has 0 saturated heterocycles. The molecule has 29 heavy (non-hydrogen) atoms. The van der Waals surface area contributed by atoms with Gasteiger partial charge in [-0.25, -0.2) is 9.78 Å². The molecule has 2 N–H and O–H groups in total. The minimum atomic E-state index is -0.600. The zero-order chi connectivity index (χ0) is 21.0. The van der Waals surface area contributed by atoms with Crippen LogP contribution in [0.15, 0.2) is 45.7 Å². The van der Waals surface area contributed by atoms with Gasteiger partial charge in [-0.1, -0.05) is 31.2 Å². The van der Waals surface area contributed by atoms with Crippen LogP contribution in [-0.4, -0.2) is 32.8 Å². The second-order valence-corrected chi connectivity index (χ2v) is 8.26. The molecular formula is C21H26N4O3S. The predicted octanol–water partition coefficient (Wildman–Crippen LogP) is 3.84. The first kappa shape index (κ1) is 21.1. The van der Waals surface area contributed by atoms with Crippen LogP contribution in [0.2, 0.25) is 0 Å². The number of aromatic amines is 1. The average molecular weight is 415 g/mol. The summed E-state index contributed by atoms with van der Waals surface area (Å²) in [7, 11) is 0. The molecule has 0 aliphatic carbocycles. The van der Waals surface area contributed by atoms with Crippen molar-refractivity contribution in [3.63, 3.8) is 0 Å². The summed E-state index contributed by atoms with van der Waals surface area (Å²) in [6.45, 7) is 7.52. The second kappa shape index (κ2) is 9.26. The van der Waals surface area contributed by atoms with E-state index in [-0.39, 0.29) is 11.7 Å². The van der Waals surface area contributed by atoms with Crippen LogP contribution in [-0.2, 0) is 9.53 Å². The number of pyridine rings is 1. The number of fused-ring (bicyclic) bond motifs is 1. The van der Waals surface area contributed by atoms with E-state index in [2.05, 4.69) is 27.2 Å². The van der Waals surface area contributed by atoms with E-state index in [9.17, 15) is 9.59 Å². The van der Waals surface area contributed by atoms with E-state index >= 15 is 0 Å². The number of hydrogen-bond acceptors (Lipinski definition) is 7. The number of aromatic nitrogens is 3. The van der Waals surface area contributed by atoms with Crippen LogP contribution in [0.4, 0.5) is 5.82 Å². The number of carbonyl (C=O) groups excluding carboxylic acids is 1. The summed E-state index contributed by atoms with van der Waals surface area (Å²) < 4.78 is 5.46. The molecular weight excluding hydrogens is 388 g/mol. The van der Waals surface area contributed by atoms with Crippen LogP contribution < -0.4 is 10.9 Å². The lowest BCUT2D eigenvalue weighted by Crippen LogP contribution is -2.31. The summed E-state index contributed by atoms with van der Waals surface area (Å²) in [6.07, 6.45) is 5.17. The van der Waals surface area contributed by atoms with Gasteiger partial charge in [-0.3, -0.25) is 9.78 Å². The maximum absolute atomic E-state index is 13.1. The molecule has 0 amide bonds. The van der Waals surface area contributed by atoms with Crippen molar-refractivity contribution in [3.8, 4) is 0 Å². The maximum Gasteiger partial charge on any atom is 0.337 e. The van der Waals surface area contributed by atoms with E-state index in [0.29, 0.717) is 27.8 Å². The zero-order valence-electron chi connectivity index (χ0n) is 17.1. The van der Waals surface area contributed by atoms with Crippen LogP contribution >= 0.6 is 11.8 Å². The van der Waals surface area contributed by atoms with Crippen molar-refractivity contribution in [3.05, 3.63) is 57.3 Å². The number of allylic oxidation sites excluding steroid dienone is 1. The molecule has 8 heteroatoms. The Morgan fingerprint density at radius 3 is 2.83 bits per heavy atom. The van der Waals surface area contributed by atoms with Gasteiger partial charge in [-0.15, -0.1) is 0 Å². The Morgan fingerprint density at radius 2 is 2.17 bits per heavy atom. The van der Waals surface area contributed by atoms with Gasteiger partial charge in [0.1, 0.15) is 5.82 Å². The fourth-order valence-corrected chi connectivity index (χ4v) is 4.19. The molecule has 3 heterocycles. The van der Waals surface area contributed by atoms with Crippen LogP contribution in [0.1, 0.15) is 57.6 Å². The number of ether oxygens (including phenoxy) is 1. The van der Waals surface area contributed by atoms with E-state index in [1.807, 2.05) is 6.07 Å². The van der Waals surface area contributed by atoms with E-state index in [4.69, 9.17) is 4.74 Å². The van der Waals surface area contributed by atoms with Crippen LogP contribution in [0.3, 0.4) is 0 Å². The third-order valence-corrected chi connectivity index (χ3v) is 5.50. The predicted molar refractivity (Wildman–Crippen MR) is 114 cm³/mol. The minimum absolute atomic E-state index is 0.266. The Labute approximate surface area is 174 Å². The largest absolute Gasteiger partial charge is 0.460 e. The minimum Gasteiger partial charge on any atom is -0.460 e. The monoisotopic (exact) mass is 414 g/mol. The summed E-state index contributed by atoms with van der Waals surface area (Å²) in [5, 5.41) is 3.72. The van der Waals surface area contributed by atoms with Gasteiger partial charge in [-0.05, 0) is 38.8 Å². The molecule has 0 fully saturated rings. The van der Waals surface area contributed by atoms with E-state index < -0.39 is 11.9 Å². The first-order valence-electron chi connectivity index (χ1n) is 9.78. The highest BCUT2D eigenvalue weighted by Crippen LogP contribution is 2.39. The second-order valence-electron chi connectivity index (χ2n) is 7.17. The fraction of sp³-hybridized carbons (Fsp3) is 0.429. The Bertz CT molecular complexity index is 970. The van der Waals surface area contributed by atoms with Crippen molar-refractivity contribution < 1.29 is 9.53 Å². The Balaban J connectivity index is 2.11. The van der Waals surface area contributed by atoms with Crippen LogP contribution in [0, 0.1) is 0 Å². The number of nitrogens with one attached hydrogen (secondary N) is 2. The molecule has 2 aromatic heterocycles. The topological polar surface area (TPSA) is 97.0 Å². The van der Waals surface area contributed by atoms with Crippen molar-refractivity contribution in [2.75, 3.05) is 11.1 Å². The van der Waals surface area contributed by atoms with Crippen molar-refractivity contribution in [1.82, 2.24) is 15.0 Å². The zero-order valence-corrected chi connectivity index (χ0v) is 17.9.